The molecule has 2 atom stereocenters. The molecule has 7 heteroatoms. The molecule has 3 fully saturated rings. The number of piperidine rings is 1. The average Bonchev–Trinajstić information content (AvgIpc) is 3.06. The maximum atomic E-state index is 12.9. The SMILES string of the molecule is CCOc1ccccc1C(=O)N1CCN(C(=O)CC2CC3CCC(C2)N3)CC1.Cl. The molecule has 3 aliphatic heterocycles. The highest BCUT2D eigenvalue weighted by Gasteiger charge is 2.35. The highest BCUT2D eigenvalue weighted by Crippen LogP contribution is 2.33. The minimum atomic E-state index is -0.00826. The Morgan fingerprint density at radius 3 is 2.31 bits per heavy atom. The Hall–Kier alpha value is -1.79. The lowest BCUT2D eigenvalue weighted by molar-refractivity contribution is -0.134. The lowest BCUT2D eigenvalue weighted by Crippen LogP contribution is -2.51. The third-order valence-electron chi connectivity index (χ3n) is 6.37. The molecule has 0 spiro atoms. The molecule has 0 radical (unpaired) electrons. The molecule has 160 valence electrons. The van der Waals surface area contributed by atoms with Gasteiger partial charge in [-0.1, -0.05) is 12.1 Å². The van der Waals surface area contributed by atoms with E-state index in [0.717, 1.165) is 12.8 Å². The highest BCUT2D eigenvalue weighted by molar-refractivity contribution is 5.97. The maximum absolute atomic E-state index is 12.9. The Bertz CT molecular complexity index is 709. The second-order valence-electron chi connectivity index (χ2n) is 8.28. The first kappa shape index (κ1) is 21.9. The number of rotatable bonds is 5. The third kappa shape index (κ3) is 5.04. The van der Waals surface area contributed by atoms with Crippen LogP contribution in [0.15, 0.2) is 24.3 Å². The van der Waals surface area contributed by atoms with E-state index in [4.69, 9.17) is 4.74 Å². The van der Waals surface area contributed by atoms with E-state index in [9.17, 15) is 9.59 Å². The zero-order valence-electron chi connectivity index (χ0n) is 17.1. The van der Waals surface area contributed by atoms with Crippen LogP contribution in [-0.4, -0.2) is 66.5 Å². The molecule has 29 heavy (non-hydrogen) atoms. The first-order chi connectivity index (χ1) is 13.6. The number of para-hydroxylation sites is 1. The van der Waals surface area contributed by atoms with E-state index in [-0.39, 0.29) is 24.2 Å². The summed E-state index contributed by atoms with van der Waals surface area (Å²) in [5.74, 6) is 1.40. The van der Waals surface area contributed by atoms with Gasteiger partial charge in [0.2, 0.25) is 5.91 Å². The van der Waals surface area contributed by atoms with E-state index in [1.165, 1.54) is 12.8 Å². The number of hydrogen-bond acceptors (Lipinski definition) is 4. The predicted molar refractivity (Wildman–Crippen MR) is 115 cm³/mol. The lowest BCUT2D eigenvalue weighted by atomic mass is 9.89. The van der Waals surface area contributed by atoms with Crippen molar-refractivity contribution in [2.75, 3.05) is 32.8 Å². The van der Waals surface area contributed by atoms with Crippen molar-refractivity contribution in [2.24, 2.45) is 5.92 Å². The standard InChI is InChI=1S/C22H31N3O3.ClH/c1-2-28-20-6-4-3-5-19(20)22(27)25-11-9-24(10-12-25)21(26)15-16-13-17-7-8-18(14-16)23-17;/h3-6,16-18,23H,2,7-15H2,1H3;1H. The summed E-state index contributed by atoms with van der Waals surface area (Å²) in [6.45, 7) is 4.87. The van der Waals surface area contributed by atoms with Crippen LogP contribution >= 0.6 is 12.4 Å². The van der Waals surface area contributed by atoms with Crippen molar-refractivity contribution in [1.82, 2.24) is 15.1 Å². The zero-order valence-corrected chi connectivity index (χ0v) is 18.0. The number of piperazine rings is 1. The number of nitrogens with zero attached hydrogens (tertiary/aromatic N) is 2. The first-order valence-electron chi connectivity index (χ1n) is 10.7. The minimum absolute atomic E-state index is 0. The lowest BCUT2D eigenvalue weighted by Gasteiger charge is -2.36. The Morgan fingerprint density at radius 2 is 1.66 bits per heavy atom. The van der Waals surface area contributed by atoms with Gasteiger partial charge in [0.1, 0.15) is 5.75 Å². The highest BCUT2D eigenvalue weighted by atomic mass is 35.5. The minimum Gasteiger partial charge on any atom is -0.493 e. The van der Waals surface area contributed by atoms with Gasteiger partial charge in [0, 0.05) is 44.7 Å². The van der Waals surface area contributed by atoms with Crippen LogP contribution in [0.1, 0.15) is 49.4 Å². The van der Waals surface area contributed by atoms with Crippen molar-refractivity contribution in [2.45, 2.75) is 51.1 Å². The summed E-state index contributed by atoms with van der Waals surface area (Å²) < 4.78 is 5.60. The van der Waals surface area contributed by atoms with Crippen LogP contribution in [0.4, 0.5) is 0 Å². The van der Waals surface area contributed by atoms with Gasteiger partial charge in [0.25, 0.3) is 5.91 Å². The summed E-state index contributed by atoms with van der Waals surface area (Å²) in [5, 5.41) is 3.64. The second-order valence-corrected chi connectivity index (χ2v) is 8.28. The normalized spacial score (nSPS) is 26.0. The van der Waals surface area contributed by atoms with E-state index in [0.29, 0.717) is 68.5 Å². The van der Waals surface area contributed by atoms with Gasteiger partial charge >= 0.3 is 0 Å². The van der Waals surface area contributed by atoms with Crippen molar-refractivity contribution in [3.63, 3.8) is 0 Å². The number of carbonyl (C=O) groups excluding carboxylic acids is 2. The molecule has 2 unspecified atom stereocenters. The summed E-state index contributed by atoms with van der Waals surface area (Å²) in [5.41, 5.74) is 0.606. The van der Waals surface area contributed by atoms with Gasteiger partial charge in [-0.25, -0.2) is 0 Å². The van der Waals surface area contributed by atoms with Gasteiger partial charge in [-0.3, -0.25) is 9.59 Å². The van der Waals surface area contributed by atoms with Gasteiger partial charge in [-0.15, -0.1) is 12.4 Å². The number of fused-ring (bicyclic) bond motifs is 2. The van der Waals surface area contributed by atoms with Crippen molar-refractivity contribution in [3.05, 3.63) is 29.8 Å². The summed E-state index contributed by atoms with van der Waals surface area (Å²) >= 11 is 0. The molecule has 0 saturated carbocycles. The van der Waals surface area contributed by atoms with Gasteiger partial charge in [0.05, 0.1) is 12.2 Å². The maximum Gasteiger partial charge on any atom is 0.257 e. The quantitative estimate of drug-likeness (QED) is 0.794. The Kier molecular flexibility index (Phi) is 7.41. The molecular formula is C22H32ClN3O3. The fourth-order valence-corrected chi connectivity index (χ4v) is 4.97. The largest absolute Gasteiger partial charge is 0.493 e. The Labute approximate surface area is 179 Å². The van der Waals surface area contributed by atoms with E-state index >= 15 is 0 Å². The molecule has 0 aliphatic carbocycles. The molecular weight excluding hydrogens is 390 g/mol. The van der Waals surface area contributed by atoms with Crippen LogP contribution in [0.3, 0.4) is 0 Å². The van der Waals surface area contributed by atoms with Crippen molar-refractivity contribution >= 4 is 24.2 Å². The molecule has 3 heterocycles. The molecule has 3 aliphatic rings. The van der Waals surface area contributed by atoms with Crippen LogP contribution in [0.2, 0.25) is 0 Å². The van der Waals surface area contributed by atoms with E-state index in [1.54, 1.807) is 0 Å². The summed E-state index contributed by atoms with van der Waals surface area (Å²) in [6, 6.07) is 8.64. The predicted octanol–water partition coefficient (Wildman–Crippen LogP) is 2.71. The summed E-state index contributed by atoms with van der Waals surface area (Å²) in [4.78, 5) is 29.5. The molecule has 6 nitrogen and oxygen atoms in total. The number of benzene rings is 1. The van der Waals surface area contributed by atoms with E-state index < -0.39 is 0 Å². The summed E-state index contributed by atoms with van der Waals surface area (Å²) in [7, 11) is 0. The second kappa shape index (κ2) is 9.81. The van der Waals surface area contributed by atoms with Crippen LogP contribution in [0.25, 0.3) is 0 Å². The number of nitrogens with one attached hydrogen (secondary N) is 1. The fraction of sp³-hybridized carbons (Fsp3) is 0.636. The molecule has 4 rings (SSSR count). The number of ether oxygens (including phenoxy) is 1. The van der Waals surface area contributed by atoms with Crippen LogP contribution in [0, 0.1) is 5.92 Å². The van der Waals surface area contributed by atoms with Gasteiger partial charge in [-0.2, -0.15) is 0 Å². The zero-order chi connectivity index (χ0) is 19.5. The van der Waals surface area contributed by atoms with Crippen LogP contribution < -0.4 is 10.1 Å². The summed E-state index contributed by atoms with van der Waals surface area (Å²) in [6.07, 6.45) is 5.46. The Balaban J connectivity index is 0.00000240. The van der Waals surface area contributed by atoms with Gasteiger partial charge in [0.15, 0.2) is 0 Å². The molecule has 1 aromatic rings. The molecule has 2 amide bonds. The smallest absolute Gasteiger partial charge is 0.257 e. The monoisotopic (exact) mass is 421 g/mol. The van der Waals surface area contributed by atoms with Gasteiger partial charge in [-0.05, 0) is 50.7 Å². The number of carbonyl (C=O) groups is 2. The average molecular weight is 422 g/mol. The van der Waals surface area contributed by atoms with E-state index in [1.807, 2.05) is 41.0 Å². The number of halogens is 1. The molecule has 1 N–H and O–H groups in total. The topological polar surface area (TPSA) is 61.9 Å². The number of hydrogen-bond donors (Lipinski definition) is 1. The van der Waals surface area contributed by atoms with E-state index in [2.05, 4.69) is 5.32 Å². The molecule has 1 aromatic carbocycles. The van der Waals surface area contributed by atoms with Crippen molar-refractivity contribution in [3.8, 4) is 5.75 Å². The van der Waals surface area contributed by atoms with Crippen LogP contribution in [0.5, 0.6) is 5.75 Å². The number of amides is 2. The molecule has 0 aromatic heterocycles. The van der Waals surface area contributed by atoms with Crippen molar-refractivity contribution < 1.29 is 14.3 Å². The van der Waals surface area contributed by atoms with Crippen molar-refractivity contribution in [1.29, 1.82) is 0 Å². The Morgan fingerprint density at radius 1 is 1.03 bits per heavy atom. The first-order valence-corrected chi connectivity index (χ1v) is 10.7. The third-order valence-corrected chi connectivity index (χ3v) is 6.37. The molecule has 2 bridgehead atoms. The van der Waals surface area contributed by atoms with Gasteiger partial charge < -0.3 is 19.9 Å². The molecule has 3 saturated heterocycles. The van der Waals surface area contributed by atoms with Crippen LogP contribution in [-0.2, 0) is 4.79 Å². The fourth-order valence-electron chi connectivity index (χ4n) is 4.97.